The Balaban J connectivity index is 0.00000364. The number of ether oxygens (including phenoxy) is 2. The van der Waals surface area contributed by atoms with E-state index in [9.17, 15) is 0 Å². The van der Waals surface area contributed by atoms with E-state index >= 15 is 0 Å². The Hall–Kier alpha value is -0.690. The lowest BCUT2D eigenvalue weighted by Gasteiger charge is -2.16. The molecule has 0 heterocycles. The normalized spacial score (nSPS) is 10.2. The zero-order chi connectivity index (χ0) is 18.9. The van der Waals surface area contributed by atoms with Crippen LogP contribution in [0, 0.1) is 0 Å². The van der Waals surface area contributed by atoms with Crippen molar-refractivity contribution in [2.24, 2.45) is 0 Å². The summed E-state index contributed by atoms with van der Waals surface area (Å²) in [4.78, 5) is 2.15. The van der Waals surface area contributed by atoms with Gasteiger partial charge in [0.05, 0.1) is 11.1 Å². The maximum atomic E-state index is 6.21. The first kappa shape index (κ1) is 27.3. The van der Waals surface area contributed by atoms with Gasteiger partial charge in [-0.15, -0.1) is 24.8 Å². The predicted octanol–water partition coefficient (Wildman–Crippen LogP) is 5.58. The van der Waals surface area contributed by atoms with Gasteiger partial charge in [-0.25, -0.2) is 0 Å². The number of halogens is 4. The number of benzene rings is 2. The maximum Gasteiger partial charge on any atom is 0.175 e. The summed E-state index contributed by atoms with van der Waals surface area (Å²) in [5, 5.41) is 4.14. The Morgan fingerprint density at radius 1 is 1.11 bits per heavy atom. The van der Waals surface area contributed by atoms with E-state index in [0.717, 1.165) is 41.0 Å². The van der Waals surface area contributed by atoms with E-state index in [4.69, 9.17) is 21.1 Å². The van der Waals surface area contributed by atoms with Gasteiger partial charge in [-0.3, -0.25) is 0 Å². The molecule has 28 heavy (non-hydrogen) atoms. The smallest absolute Gasteiger partial charge is 0.175 e. The minimum Gasteiger partial charge on any atom is -0.490 e. The van der Waals surface area contributed by atoms with E-state index in [-0.39, 0.29) is 24.8 Å². The topological polar surface area (TPSA) is 33.7 Å². The molecule has 0 saturated heterocycles. The summed E-state index contributed by atoms with van der Waals surface area (Å²) in [7, 11) is 4.13. The van der Waals surface area contributed by atoms with Crippen LogP contribution in [0.4, 0.5) is 0 Å². The van der Waals surface area contributed by atoms with Gasteiger partial charge in [0.1, 0.15) is 6.61 Å². The second kappa shape index (κ2) is 14.3. The molecule has 0 atom stereocenters. The minimum absolute atomic E-state index is 0. The lowest BCUT2D eigenvalue weighted by molar-refractivity contribution is 0.267. The number of nitrogens with one attached hydrogen (secondary N) is 1. The van der Waals surface area contributed by atoms with Crippen LogP contribution in [0.2, 0.25) is 5.02 Å². The highest BCUT2D eigenvalue weighted by atomic mass is 79.9. The molecule has 0 bridgehead atoms. The van der Waals surface area contributed by atoms with Crippen LogP contribution < -0.4 is 14.8 Å². The van der Waals surface area contributed by atoms with Gasteiger partial charge in [-0.05, 0) is 60.7 Å². The molecule has 0 aliphatic carbocycles. The van der Waals surface area contributed by atoms with Crippen LogP contribution >= 0.6 is 52.3 Å². The van der Waals surface area contributed by atoms with Gasteiger partial charge in [0.2, 0.25) is 0 Å². The molecule has 2 aromatic carbocycles. The first-order chi connectivity index (χ1) is 12.5. The van der Waals surface area contributed by atoms with Gasteiger partial charge >= 0.3 is 0 Å². The first-order valence-electron chi connectivity index (χ1n) is 8.68. The molecule has 0 aliphatic heterocycles. The highest BCUT2D eigenvalue weighted by molar-refractivity contribution is 9.10. The van der Waals surface area contributed by atoms with Crippen molar-refractivity contribution in [3.63, 3.8) is 0 Å². The van der Waals surface area contributed by atoms with E-state index in [0.29, 0.717) is 24.0 Å². The van der Waals surface area contributed by atoms with Gasteiger partial charge in [0.15, 0.2) is 11.5 Å². The molecule has 0 saturated carbocycles. The number of nitrogens with zero attached hydrogens (tertiary/aromatic N) is 1. The lowest BCUT2D eigenvalue weighted by atomic mass is 10.2. The van der Waals surface area contributed by atoms with Crippen LogP contribution in [-0.2, 0) is 13.2 Å². The quantitative estimate of drug-likeness (QED) is 0.420. The third kappa shape index (κ3) is 8.76. The molecule has 0 radical (unpaired) electrons. The molecule has 0 amide bonds. The summed E-state index contributed by atoms with van der Waals surface area (Å²) in [6.07, 6.45) is 0. The van der Waals surface area contributed by atoms with Gasteiger partial charge in [0, 0.05) is 30.2 Å². The fourth-order valence-electron chi connectivity index (χ4n) is 2.43. The molecule has 1 N–H and O–H groups in total. The van der Waals surface area contributed by atoms with Gasteiger partial charge < -0.3 is 19.7 Å². The summed E-state index contributed by atoms with van der Waals surface area (Å²) in [6.45, 7) is 5.63. The van der Waals surface area contributed by atoms with Crippen molar-refractivity contribution in [1.29, 1.82) is 0 Å². The average molecular weight is 515 g/mol. The molecule has 2 rings (SSSR count). The van der Waals surface area contributed by atoms with Crippen molar-refractivity contribution in [2.75, 3.05) is 33.8 Å². The molecular weight excluding hydrogens is 486 g/mol. The molecule has 0 fully saturated rings. The summed E-state index contributed by atoms with van der Waals surface area (Å²) >= 11 is 9.83. The molecule has 158 valence electrons. The highest BCUT2D eigenvalue weighted by Crippen LogP contribution is 2.37. The van der Waals surface area contributed by atoms with E-state index in [1.54, 1.807) is 0 Å². The highest BCUT2D eigenvalue weighted by Gasteiger charge is 2.13. The monoisotopic (exact) mass is 512 g/mol. The van der Waals surface area contributed by atoms with Gasteiger partial charge in [-0.1, -0.05) is 29.8 Å². The Morgan fingerprint density at radius 2 is 1.82 bits per heavy atom. The number of likely N-dealkylation sites (N-methyl/N-ethyl adjacent to an activating group) is 1. The Labute approximate surface area is 193 Å². The molecular formula is C20H28BrCl3N2O2. The van der Waals surface area contributed by atoms with Crippen molar-refractivity contribution in [1.82, 2.24) is 10.2 Å². The van der Waals surface area contributed by atoms with Crippen LogP contribution in [-0.4, -0.2) is 38.7 Å². The molecule has 0 aliphatic rings. The largest absolute Gasteiger partial charge is 0.490 e. The van der Waals surface area contributed by atoms with E-state index in [2.05, 4.69) is 46.3 Å². The summed E-state index contributed by atoms with van der Waals surface area (Å²) in [6, 6.07) is 11.8. The first-order valence-corrected chi connectivity index (χ1v) is 9.85. The third-order valence-corrected chi connectivity index (χ3v) is 4.72. The van der Waals surface area contributed by atoms with Crippen LogP contribution in [0.1, 0.15) is 18.1 Å². The Morgan fingerprint density at radius 3 is 2.46 bits per heavy atom. The number of rotatable bonds is 10. The van der Waals surface area contributed by atoms with Crippen LogP contribution in [0.5, 0.6) is 11.5 Å². The van der Waals surface area contributed by atoms with Crippen LogP contribution in [0.25, 0.3) is 0 Å². The minimum atomic E-state index is 0. The van der Waals surface area contributed by atoms with Crippen molar-refractivity contribution < 1.29 is 9.47 Å². The Bertz CT molecular complexity index is 718. The SMILES string of the molecule is CCOc1cc(CNCCN(C)C)cc(Br)c1OCc1ccccc1Cl.Cl.Cl. The fraction of sp³-hybridized carbons (Fsp3) is 0.400. The zero-order valence-electron chi connectivity index (χ0n) is 16.3. The van der Waals surface area contributed by atoms with Crippen LogP contribution in [0.15, 0.2) is 40.9 Å². The summed E-state index contributed by atoms with van der Waals surface area (Å²) in [5.41, 5.74) is 2.09. The van der Waals surface area contributed by atoms with E-state index in [1.807, 2.05) is 37.3 Å². The van der Waals surface area contributed by atoms with Gasteiger partial charge in [-0.2, -0.15) is 0 Å². The van der Waals surface area contributed by atoms with E-state index in [1.165, 1.54) is 0 Å². The molecule has 0 unspecified atom stereocenters. The Kier molecular flexibility index (Phi) is 14.0. The fourth-order valence-corrected chi connectivity index (χ4v) is 3.22. The zero-order valence-corrected chi connectivity index (χ0v) is 20.3. The second-order valence-electron chi connectivity index (χ2n) is 6.20. The second-order valence-corrected chi connectivity index (χ2v) is 7.46. The molecule has 0 aromatic heterocycles. The number of hydrogen-bond acceptors (Lipinski definition) is 4. The molecule has 8 heteroatoms. The molecule has 0 spiro atoms. The van der Waals surface area contributed by atoms with Crippen LogP contribution in [0.3, 0.4) is 0 Å². The van der Waals surface area contributed by atoms with E-state index < -0.39 is 0 Å². The standard InChI is InChI=1S/C20H26BrClN2O2.2ClH/c1-4-25-19-12-15(13-23-9-10-24(2)3)11-17(21)20(19)26-14-16-7-5-6-8-18(16)22;;/h5-8,11-12,23H,4,9-10,13-14H2,1-3H3;2*1H. The molecule has 2 aromatic rings. The predicted molar refractivity (Wildman–Crippen MR) is 126 cm³/mol. The van der Waals surface area contributed by atoms with Crippen molar-refractivity contribution in [3.8, 4) is 11.5 Å². The molecule has 4 nitrogen and oxygen atoms in total. The van der Waals surface area contributed by atoms with Gasteiger partial charge in [0.25, 0.3) is 0 Å². The average Bonchev–Trinajstić information content (AvgIpc) is 2.59. The lowest BCUT2D eigenvalue weighted by Crippen LogP contribution is -2.26. The summed E-state index contributed by atoms with van der Waals surface area (Å²) < 4.78 is 12.7. The maximum absolute atomic E-state index is 6.21. The van der Waals surface area contributed by atoms with Crippen molar-refractivity contribution in [3.05, 3.63) is 57.0 Å². The summed E-state index contributed by atoms with van der Waals surface area (Å²) in [5.74, 6) is 1.43. The number of hydrogen-bond donors (Lipinski definition) is 1. The van der Waals surface area contributed by atoms with Crippen molar-refractivity contribution in [2.45, 2.75) is 20.1 Å². The third-order valence-electron chi connectivity index (χ3n) is 3.76. The van der Waals surface area contributed by atoms with Crippen molar-refractivity contribution >= 4 is 52.3 Å².